The van der Waals surface area contributed by atoms with E-state index >= 15 is 0 Å². The largest absolute Gasteiger partial charge is 0.396 e. The van der Waals surface area contributed by atoms with E-state index in [1.807, 2.05) is 6.07 Å². The molecule has 0 aliphatic carbocycles. The fourth-order valence-electron chi connectivity index (χ4n) is 1.88. The lowest BCUT2D eigenvalue weighted by Gasteiger charge is -2.25. The highest BCUT2D eigenvalue weighted by atomic mass is 16.3. The number of aliphatic hydroxyl groups excluding tert-OH is 1. The highest BCUT2D eigenvalue weighted by Gasteiger charge is 2.19. The number of hydrogen-bond acceptors (Lipinski definition) is 1. The molecule has 0 saturated carbocycles. The summed E-state index contributed by atoms with van der Waals surface area (Å²) < 4.78 is 0. The van der Waals surface area contributed by atoms with Gasteiger partial charge in [0.05, 0.1) is 0 Å². The van der Waals surface area contributed by atoms with Crippen LogP contribution >= 0.6 is 0 Å². The molecule has 0 saturated heterocycles. The molecule has 1 aromatic carbocycles. The van der Waals surface area contributed by atoms with E-state index in [-0.39, 0.29) is 6.61 Å². The molecule has 0 aromatic heterocycles. The van der Waals surface area contributed by atoms with Crippen LogP contribution in [0.25, 0.3) is 0 Å². The van der Waals surface area contributed by atoms with E-state index in [2.05, 4.69) is 45.0 Å². The molecule has 1 aromatic rings. The molecular formula is C14H22O. The summed E-state index contributed by atoms with van der Waals surface area (Å²) in [6.07, 6.45) is 0.983. The van der Waals surface area contributed by atoms with Crippen LogP contribution in [0, 0.1) is 17.8 Å². The van der Waals surface area contributed by atoms with Gasteiger partial charge in [0, 0.05) is 6.61 Å². The van der Waals surface area contributed by atoms with Crippen molar-refractivity contribution >= 4 is 0 Å². The summed E-state index contributed by atoms with van der Waals surface area (Å²) in [5.74, 6) is 1.58. The number of benzene rings is 1. The van der Waals surface area contributed by atoms with E-state index in [9.17, 15) is 5.11 Å². The van der Waals surface area contributed by atoms with Gasteiger partial charge >= 0.3 is 0 Å². The minimum Gasteiger partial charge on any atom is -0.396 e. The lowest BCUT2D eigenvalue weighted by molar-refractivity contribution is 0.156. The summed E-state index contributed by atoms with van der Waals surface area (Å²) in [5.41, 5.74) is 1.32. The summed E-state index contributed by atoms with van der Waals surface area (Å²) in [4.78, 5) is 0. The first-order chi connectivity index (χ1) is 7.15. The predicted octanol–water partition coefficient (Wildman–Crippen LogP) is 3.13. The van der Waals surface area contributed by atoms with Crippen molar-refractivity contribution in [1.82, 2.24) is 0 Å². The SMILES string of the molecule is CC(C)[C@@H](C)[C@H](CO)Cc1ccccc1. The van der Waals surface area contributed by atoms with Crippen molar-refractivity contribution in [1.29, 1.82) is 0 Å². The molecule has 2 atom stereocenters. The zero-order chi connectivity index (χ0) is 11.3. The molecule has 0 fully saturated rings. The van der Waals surface area contributed by atoms with E-state index in [1.165, 1.54) is 5.56 Å². The number of rotatable bonds is 5. The minimum atomic E-state index is 0.286. The third kappa shape index (κ3) is 3.67. The Kier molecular flexibility index (Phi) is 4.83. The third-order valence-electron chi connectivity index (χ3n) is 3.37. The van der Waals surface area contributed by atoms with Crippen LogP contribution in [-0.4, -0.2) is 11.7 Å². The highest BCUT2D eigenvalue weighted by Crippen LogP contribution is 2.23. The molecule has 0 heterocycles. The Morgan fingerprint density at radius 1 is 1.07 bits per heavy atom. The molecule has 0 aliphatic rings. The van der Waals surface area contributed by atoms with Crippen LogP contribution in [0.15, 0.2) is 30.3 Å². The lowest BCUT2D eigenvalue weighted by Crippen LogP contribution is -2.22. The van der Waals surface area contributed by atoms with Gasteiger partial charge in [-0.2, -0.15) is 0 Å². The van der Waals surface area contributed by atoms with Crippen molar-refractivity contribution in [3.8, 4) is 0 Å². The van der Waals surface area contributed by atoms with Crippen LogP contribution in [-0.2, 0) is 6.42 Å². The Morgan fingerprint density at radius 3 is 2.13 bits per heavy atom. The average Bonchev–Trinajstić information content (AvgIpc) is 2.26. The van der Waals surface area contributed by atoms with Crippen LogP contribution in [0.5, 0.6) is 0 Å². The Bertz CT molecular complexity index is 266. The van der Waals surface area contributed by atoms with E-state index in [4.69, 9.17) is 0 Å². The first-order valence-electron chi connectivity index (χ1n) is 5.80. The van der Waals surface area contributed by atoms with Crippen molar-refractivity contribution in [2.75, 3.05) is 6.61 Å². The highest BCUT2D eigenvalue weighted by molar-refractivity contribution is 5.15. The van der Waals surface area contributed by atoms with E-state index in [0.717, 1.165) is 6.42 Å². The maximum Gasteiger partial charge on any atom is 0.0465 e. The van der Waals surface area contributed by atoms with Crippen molar-refractivity contribution in [2.45, 2.75) is 27.2 Å². The van der Waals surface area contributed by atoms with E-state index < -0.39 is 0 Å². The molecule has 84 valence electrons. The predicted molar refractivity (Wildman–Crippen MR) is 64.7 cm³/mol. The van der Waals surface area contributed by atoms with Gasteiger partial charge in [0.1, 0.15) is 0 Å². The molecule has 1 rings (SSSR count). The second-order valence-electron chi connectivity index (χ2n) is 4.74. The normalized spacial score (nSPS) is 15.3. The van der Waals surface area contributed by atoms with Crippen LogP contribution in [0.1, 0.15) is 26.3 Å². The van der Waals surface area contributed by atoms with Gasteiger partial charge in [0.15, 0.2) is 0 Å². The third-order valence-corrected chi connectivity index (χ3v) is 3.37. The number of hydrogen-bond donors (Lipinski definition) is 1. The molecule has 0 bridgehead atoms. The molecule has 15 heavy (non-hydrogen) atoms. The molecular weight excluding hydrogens is 184 g/mol. The Morgan fingerprint density at radius 2 is 1.67 bits per heavy atom. The van der Waals surface area contributed by atoms with Crippen LogP contribution < -0.4 is 0 Å². The second-order valence-corrected chi connectivity index (χ2v) is 4.74. The topological polar surface area (TPSA) is 20.2 Å². The number of aliphatic hydroxyl groups is 1. The van der Waals surface area contributed by atoms with Gasteiger partial charge in [-0.3, -0.25) is 0 Å². The van der Waals surface area contributed by atoms with Crippen LogP contribution in [0.2, 0.25) is 0 Å². The van der Waals surface area contributed by atoms with Crippen molar-refractivity contribution < 1.29 is 5.11 Å². The van der Waals surface area contributed by atoms with E-state index in [0.29, 0.717) is 17.8 Å². The molecule has 1 heteroatoms. The van der Waals surface area contributed by atoms with E-state index in [1.54, 1.807) is 0 Å². The molecule has 0 spiro atoms. The molecule has 0 amide bonds. The standard InChI is InChI=1S/C14H22O/c1-11(2)12(3)14(10-15)9-13-7-5-4-6-8-13/h4-8,11-12,14-15H,9-10H2,1-3H3/t12-,14+/m1/s1. The summed E-state index contributed by atoms with van der Waals surface area (Å²) in [7, 11) is 0. The lowest BCUT2D eigenvalue weighted by atomic mass is 9.82. The minimum absolute atomic E-state index is 0.286. The zero-order valence-corrected chi connectivity index (χ0v) is 9.98. The van der Waals surface area contributed by atoms with Crippen LogP contribution in [0.4, 0.5) is 0 Å². The fourth-order valence-corrected chi connectivity index (χ4v) is 1.88. The van der Waals surface area contributed by atoms with Gasteiger partial charge in [-0.05, 0) is 29.7 Å². The summed E-state index contributed by atoms with van der Waals surface area (Å²) in [6, 6.07) is 10.4. The Labute approximate surface area is 93.1 Å². The summed E-state index contributed by atoms with van der Waals surface area (Å²) in [5, 5.41) is 9.41. The van der Waals surface area contributed by atoms with Gasteiger partial charge in [-0.25, -0.2) is 0 Å². The average molecular weight is 206 g/mol. The maximum absolute atomic E-state index is 9.41. The molecule has 1 N–H and O–H groups in total. The summed E-state index contributed by atoms with van der Waals surface area (Å²) >= 11 is 0. The Balaban J connectivity index is 2.62. The summed E-state index contributed by atoms with van der Waals surface area (Å²) in [6.45, 7) is 6.96. The monoisotopic (exact) mass is 206 g/mol. The van der Waals surface area contributed by atoms with Crippen molar-refractivity contribution in [3.63, 3.8) is 0 Å². The van der Waals surface area contributed by atoms with Gasteiger partial charge < -0.3 is 5.11 Å². The molecule has 1 nitrogen and oxygen atoms in total. The van der Waals surface area contributed by atoms with Crippen LogP contribution in [0.3, 0.4) is 0 Å². The molecule has 0 radical (unpaired) electrons. The van der Waals surface area contributed by atoms with Gasteiger partial charge in [-0.15, -0.1) is 0 Å². The zero-order valence-electron chi connectivity index (χ0n) is 9.98. The Hall–Kier alpha value is -0.820. The van der Waals surface area contributed by atoms with Crippen molar-refractivity contribution in [2.24, 2.45) is 17.8 Å². The smallest absolute Gasteiger partial charge is 0.0465 e. The first kappa shape index (κ1) is 12.3. The van der Waals surface area contributed by atoms with Crippen molar-refractivity contribution in [3.05, 3.63) is 35.9 Å². The van der Waals surface area contributed by atoms with Gasteiger partial charge in [0.25, 0.3) is 0 Å². The quantitative estimate of drug-likeness (QED) is 0.784. The fraction of sp³-hybridized carbons (Fsp3) is 0.571. The first-order valence-corrected chi connectivity index (χ1v) is 5.80. The second kappa shape index (κ2) is 5.92. The molecule has 0 unspecified atom stereocenters. The van der Waals surface area contributed by atoms with Gasteiger partial charge in [0.2, 0.25) is 0 Å². The van der Waals surface area contributed by atoms with Gasteiger partial charge in [-0.1, -0.05) is 51.1 Å². The molecule has 0 aliphatic heterocycles. The maximum atomic E-state index is 9.41.